The van der Waals surface area contributed by atoms with Crippen LogP contribution in [0.2, 0.25) is 0 Å². The molecule has 0 spiro atoms. The van der Waals surface area contributed by atoms with Gasteiger partial charge in [-0.1, -0.05) is 39.0 Å². The molecule has 0 fully saturated rings. The Morgan fingerprint density at radius 1 is 1.15 bits per heavy atom. The summed E-state index contributed by atoms with van der Waals surface area (Å²) in [6, 6.07) is 11.9. The molecule has 0 bridgehead atoms. The Morgan fingerprint density at radius 2 is 1.96 bits per heavy atom. The number of nitrogens with zero attached hydrogens (tertiary/aromatic N) is 2. The summed E-state index contributed by atoms with van der Waals surface area (Å²) in [5.74, 6) is 0.0117. The third-order valence-corrected chi connectivity index (χ3v) is 5.02. The SMILES string of the molecule is CC(C)(C)c1ccccc1NC(=O)CCc1csc(-c2cccnc2)n1. The number of rotatable bonds is 5. The summed E-state index contributed by atoms with van der Waals surface area (Å²) in [5, 5.41) is 6.00. The number of anilines is 1. The fourth-order valence-corrected chi connectivity index (χ4v) is 3.59. The predicted octanol–water partition coefficient (Wildman–Crippen LogP) is 5.07. The molecule has 0 aliphatic heterocycles. The van der Waals surface area contributed by atoms with E-state index in [9.17, 15) is 4.79 Å². The van der Waals surface area contributed by atoms with Crippen molar-refractivity contribution in [1.29, 1.82) is 0 Å². The molecule has 4 nitrogen and oxygen atoms in total. The van der Waals surface area contributed by atoms with Crippen LogP contribution in [0.4, 0.5) is 5.69 Å². The van der Waals surface area contributed by atoms with Crippen molar-refractivity contribution in [3.05, 3.63) is 65.4 Å². The molecule has 0 aliphatic rings. The molecule has 1 amide bonds. The summed E-state index contributed by atoms with van der Waals surface area (Å²) in [6.07, 6.45) is 4.59. The summed E-state index contributed by atoms with van der Waals surface area (Å²) < 4.78 is 0. The minimum Gasteiger partial charge on any atom is -0.326 e. The number of thiazole rings is 1. The van der Waals surface area contributed by atoms with Crippen molar-refractivity contribution < 1.29 is 4.79 Å². The quantitative estimate of drug-likeness (QED) is 0.686. The zero-order chi connectivity index (χ0) is 18.6. The van der Waals surface area contributed by atoms with Crippen molar-refractivity contribution in [3.8, 4) is 10.6 Å². The van der Waals surface area contributed by atoms with Crippen LogP contribution >= 0.6 is 11.3 Å². The first-order valence-electron chi connectivity index (χ1n) is 8.67. The first-order chi connectivity index (χ1) is 12.4. The Kier molecular flexibility index (Phi) is 5.47. The molecule has 26 heavy (non-hydrogen) atoms. The summed E-state index contributed by atoms with van der Waals surface area (Å²) in [6.45, 7) is 6.44. The van der Waals surface area contributed by atoms with E-state index >= 15 is 0 Å². The molecule has 0 radical (unpaired) electrons. The lowest BCUT2D eigenvalue weighted by Crippen LogP contribution is -2.18. The lowest BCUT2D eigenvalue weighted by atomic mass is 9.86. The van der Waals surface area contributed by atoms with Crippen LogP contribution in [0.5, 0.6) is 0 Å². The third-order valence-electron chi connectivity index (χ3n) is 4.08. The Bertz CT molecular complexity index is 882. The maximum absolute atomic E-state index is 12.4. The number of benzene rings is 1. The zero-order valence-corrected chi connectivity index (χ0v) is 16.1. The van der Waals surface area contributed by atoms with Crippen LogP contribution in [0.15, 0.2) is 54.2 Å². The number of aromatic nitrogens is 2. The van der Waals surface area contributed by atoms with Gasteiger partial charge in [-0.15, -0.1) is 11.3 Å². The van der Waals surface area contributed by atoms with Gasteiger partial charge in [0.25, 0.3) is 0 Å². The Balaban J connectivity index is 1.61. The highest BCUT2D eigenvalue weighted by molar-refractivity contribution is 7.13. The number of amides is 1. The van der Waals surface area contributed by atoms with Gasteiger partial charge in [0.15, 0.2) is 0 Å². The van der Waals surface area contributed by atoms with Gasteiger partial charge < -0.3 is 5.32 Å². The smallest absolute Gasteiger partial charge is 0.224 e. The van der Waals surface area contributed by atoms with E-state index in [1.165, 1.54) is 0 Å². The number of pyridine rings is 1. The molecule has 1 aromatic carbocycles. The second-order valence-corrected chi connectivity index (χ2v) is 8.09. The van der Waals surface area contributed by atoms with E-state index in [0.717, 1.165) is 27.5 Å². The van der Waals surface area contributed by atoms with Crippen LogP contribution in [-0.4, -0.2) is 15.9 Å². The molecule has 0 aliphatic carbocycles. The van der Waals surface area contributed by atoms with Gasteiger partial charge in [0.2, 0.25) is 5.91 Å². The summed E-state index contributed by atoms with van der Waals surface area (Å²) in [5.41, 5.74) is 3.96. The topological polar surface area (TPSA) is 54.9 Å². The molecule has 0 unspecified atom stereocenters. The van der Waals surface area contributed by atoms with E-state index in [1.54, 1.807) is 23.7 Å². The van der Waals surface area contributed by atoms with E-state index in [0.29, 0.717) is 12.8 Å². The first-order valence-corrected chi connectivity index (χ1v) is 9.55. The minimum atomic E-state index is -0.0165. The maximum Gasteiger partial charge on any atom is 0.224 e. The van der Waals surface area contributed by atoms with Crippen molar-refractivity contribution in [2.75, 3.05) is 5.32 Å². The minimum absolute atomic E-state index is 0.0117. The van der Waals surface area contributed by atoms with Crippen LogP contribution in [0.25, 0.3) is 10.6 Å². The first kappa shape index (κ1) is 18.3. The number of nitrogens with one attached hydrogen (secondary N) is 1. The molecule has 0 atom stereocenters. The molecule has 5 heteroatoms. The lowest BCUT2D eigenvalue weighted by molar-refractivity contribution is -0.116. The predicted molar refractivity (Wildman–Crippen MR) is 107 cm³/mol. The highest BCUT2D eigenvalue weighted by atomic mass is 32.1. The van der Waals surface area contributed by atoms with Crippen LogP contribution in [-0.2, 0) is 16.6 Å². The number of hydrogen-bond donors (Lipinski definition) is 1. The summed E-state index contributed by atoms with van der Waals surface area (Å²) >= 11 is 1.58. The second kappa shape index (κ2) is 7.79. The van der Waals surface area contributed by atoms with Crippen molar-refractivity contribution in [3.63, 3.8) is 0 Å². The van der Waals surface area contributed by atoms with Crippen LogP contribution in [0.3, 0.4) is 0 Å². The molecular weight excluding hydrogens is 342 g/mol. The molecule has 0 saturated heterocycles. The van der Waals surface area contributed by atoms with Crippen molar-refractivity contribution in [2.45, 2.75) is 39.0 Å². The van der Waals surface area contributed by atoms with Gasteiger partial charge in [0.1, 0.15) is 5.01 Å². The number of aryl methyl sites for hydroxylation is 1. The molecule has 2 heterocycles. The molecule has 2 aromatic heterocycles. The normalized spacial score (nSPS) is 11.3. The number of carbonyl (C=O) groups is 1. The van der Waals surface area contributed by atoms with Gasteiger partial charge in [0, 0.05) is 35.4 Å². The van der Waals surface area contributed by atoms with Gasteiger partial charge in [-0.05, 0) is 35.6 Å². The van der Waals surface area contributed by atoms with E-state index in [4.69, 9.17) is 0 Å². The standard InChI is InChI=1S/C21H23N3OS/c1-21(2,3)17-8-4-5-9-18(17)24-19(25)11-10-16-14-26-20(23-16)15-7-6-12-22-13-15/h4-9,12-14H,10-11H2,1-3H3,(H,24,25). The average molecular weight is 366 g/mol. The van der Waals surface area contributed by atoms with Crippen molar-refractivity contribution in [2.24, 2.45) is 0 Å². The Hall–Kier alpha value is -2.53. The largest absolute Gasteiger partial charge is 0.326 e. The molecule has 3 aromatic rings. The number of hydrogen-bond acceptors (Lipinski definition) is 4. The Morgan fingerprint density at radius 3 is 2.69 bits per heavy atom. The van der Waals surface area contributed by atoms with Gasteiger partial charge in [-0.3, -0.25) is 9.78 Å². The van der Waals surface area contributed by atoms with Gasteiger partial charge in [-0.2, -0.15) is 0 Å². The fourth-order valence-electron chi connectivity index (χ4n) is 2.74. The molecule has 134 valence electrons. The van der Waals surface area contributed by atoms with Gasteiger partial charge >= 0.3 is 0 Å². The molecule has 3 rings (SSSR count). The van der Waals surface area contributed by atoms with Crippen molar-refractivity contribution in [1.82, 2.24) is 9.97 Å². The summed E-state index contributed by atoms with van der Waals surface area (Å²) in [4.78, 5) is 21.1. The Labute approximate surface area is 158 Å². The lowest BCUT2D eigenvalue weighted by Gasteiger charge is -2.23. The number of para-hydroxylation sites is 1. The van der Waals surface area contributed by atoms with Crippen molar-refractivity contribution >= 4 is 22.9 Å². The van der Waals surface area contributed by atoms with E-state index in [1.807, 2.05) is 35.7 Å². The van der Waals surface area contributed by atoms with Crippen LogP contribution in [0.1, 0.15) is 38.4 Å². The molecule has 1 N–H and O–H groups in total. The third kappa shape index (κ3) is 4.55. The number of carbonyl (C=O) groups excluding carboxylic acids is 1. The average Bonchev–Trinajstić information content (AvgIpc) is 3.09. The van der Waals surface area contributed by atoms with Crippen LogP contribution < -0.4 is 5.32 Å². The van der Waals surface area contributed by atoms with Crippen LogP contribution in [0, 0.1) is 0 Å². The van der Waals surface area contributed by atoms with E-state index < -0.39 is 0 Å². The molecular formula is C21H23N3OS. The van der Waals surface area contributed by atoms with Gasteiger partial charge in [0.05, 0.1) is 5.69 Å². The monoisotopic (exact) mass is 365 g/mol. The second-order valence-electron chi connectivity index (χ2n) is 7.23. The fraction of sp³-hybridized carbons (Fsp3) is 0.286. The van der Waals surface area contributed by atoms with E-state index in [2.05, 4.69) is 42.1 Å². The maximum atomic E-state index is 12.4. The highest BCUT2D eigenvalue weighted by Gasteiger charge is 2.18. The molecule has 0 saturated carbocycles. The highest BCUT2D eigenvalue weighted by Crippen LogP contribution is 2.29. The zero-order valence-electron chi connectivity index (χ0n) is 15.3. The van der Waals surface area contributed by atoms with E-state index in [-0.39, 0.29) is 11.3 Å². The van der Waals surface area contributed by atoms with Gasteiger partial charge in [-0.25, -0.2) is 4.98 Å². The summed E-state index contributed by atoms with van der Waals surface area (Å²) in [7, 11) is 0.